The summed E-state index contributed by atoms with van der Waals surface area (Å²) in [5.74, 6) is -0.614. The van der Waals surface area contributed by atoms with Gasteiger partial charge in [-0.05, 0) is 30.5 Å². The lowest BCUT2D eigenvalue weighted by Crippen LogP contribution is -2.42. The molecule has 1 saturated heterocycles. The van der Waals surface area contributed by atoms with Crippen molar-refractivity contribution in [1.29, 1.82) is 0 Å². The van der Waals surface area contributed by atoms with E-state index in [1.54, 1.807) is 24.3 Å². The molecule has 1 atom stereocenters. The first kappa shape index (κ1) is 15.0. The zero-order valence-corrected chi connectivity index (χ0v) is 12.3. The van der Waals surface area contributed by atoms with E-state index < -0.39 is 22.0 Å². The molecular weight excluding hydrogens is 300 g/mol. The number of sulfonamides is 1. The smallest absolute Gasteiger partial charge is 0.236 e. The molecule has 7 heteroatoms. The van der Waals surface area contributed by atoms with Crippen LogP contribution in [0.5, 0.6) is 0 Å². The monoisotopic (exact) mass is 314 g/mol. The van der Waals surface area contributed by atoms with Crippen LogP contribution in [0.2, 0.25) is 5.02 Å². The average Bonchev–Trinajstić information content (AvgIpc) is 2.88. The molecule has 1 aromatic rings. The Morgan fingerprint density at radius 1 is 1.40 bits per heavy atom. The molecule has 0 spiro atoms. The summed E-state index contributed by atoms with van der Waals surface area (Å²) in [6.45, 7) is 0.308. The van der Waals surface area contributed by atoms with Gasteiger partial charge < -0.3 is 5.73 Å². The lowest BCUT2D eigenvalue weighted by atomic mass is 10.2. The summed E-state index contributed by atoms with van der Waals surface area (Å²) in [5.41, 5.74) is 5.83. The van der Waals surface area contributed by atoms with Crippen molar-refractivity contribution in [2.75, 3.05) is 6.54 Å². The van der Waals surface area contributed by atoms with Crippen LogP contribution in [0, 0.1) is 0 Å². The molecule has 1 aliphatic heterocycles. The Labute approximate surface area is 123 Å². The summed E-state index contributed by atoms with van der Waals surface area (Å²) < 4.78 is 25.6. The van der Waals surface area contributed by atoms with Crippen LogP contribution in [0.3, 0.4) is 0 Å². The topological polar surface area (TPSA) is 80.5 Å². The summed E-state index contributed by atoms with van der Waals surface area (Å²) in [4.78, 5) is 11.3. The Hall–Kier alpha value is -1.37. The molecule has 1 aliphatic rings. The third-order valence-electron chi connectivity index (χ3n) is 3.18. The molecule has 0 aliphatic carbocycles. The van der Waals surface area contributed by atoms with Crippen LogP contribution in [0.4, 0.5) is 0 Å². The highest BCUT2D eigenvalue weighted by molar-refractivity contribution is 7.92. The predicted molar refractivity (Wildman–Crippen MR) is 78.3 cm³/mol. The van der Waals surface area contributed by atoms with Crippen molar-refractivity contribution in [2.45, 2.75) is 18.9 Å². The molecule has 0 bridgehead atoms. The molecule has 108 valence electrons. The standard InChI is InChI=1S/C13H15ClN2O3S/c14-11-5-2-1-4-10(11)7-9-20(18,19)16-8-3-6-12(16)13(15)17/h1-2,4-5,7,9,12H,3,6,8H2,(H2,15,17). The van der Waals surface area contributed by atoms with Crippen LogP contribution in [-0.4, -0.2) is 31.2 Å². The first-order chi connectivity index (χ1) is 9.42. The van der Waals surface area contributed by atoms with E-state index in [0.29, 0.717) is 30.0 Å². The zero-order valence-electron chi connectivity index (χ0n) is 10.7. The second-order valence-corrected chi connectivity index (χ2v) is 6.72. The number of primary amides is 1. The molecule has 1 unspecified atom stereocenters. The number of amides is 1. The van der Waals surface area contributed by atoms with Crippen LogP contribution in [0.1, 0.15) is 18.4 Å². The number of hydrogen-bond donors (Lipinski definition) is 1. The van der Waals surface area contributed by atoms with Gasteiger partial charge in [0.05, 0.1) is 0 Å². The van der Waals surface area contributed by atoms with Crippen LogP contribution >= 0.6 is 11.6 Å². The van der Waals surface area contributed by atoms with Crippen molar-refractivity contribution in [3.05, 3.63) is 40.3 Å². The Kier molecular flexibility index (Phi) is 4.47. The van der Waals surface area contributed by atoms with E-state index in [-0.39, 0.29) is 0 Å². The van der Waals surface area contributed by atoms with Gasteiger partial charge in [-0.1, -0.05) is 29.8 Å². The highest BCUT2D eigenvalue weighted by Crippen LogP contribution is 2.23. The molecule has 1 aromatic carbocycles. The van der Waals surface area contributed by atoms with Gasteiger partial charge in [-0.3, -0.25) is 4.79 Å². The van der Waals surface area contributed by atoms with Gasteiger partial charge in [0.1, 0.15) is 6.04 Å². The van der Waals surface area contributed by atoms with Gasteiger partial charge in [0.15, 0.2) is 0 Å². The van der Waals surface area contributed by atoms with Crippen LogP contribution < -0.4 is 5.73 Å². The second-order valence-electron chi connectivity index (χ2n) is 4.54. The maximum atomic E-state index is 12.2. The summed E-state index contributed by atoms with van der Waals surface area (Å²) >= 11 is 5.96. The quantitative estimate of drug-likeness (QED) is 0.916. The van der Waals surface area contributed by atoms with Crippen LogP contribution in [0.15, 0.2) is 29.7 Å². The summed E-state index contributed by atoms with van der Waals surface area (Å²) in [5, 5.41) is 1.53. The van der Waals surface area contributed by atoms with Crippen molar-refractivity contribution in [3.8, 4) is 0 Å². The van der Waals surface area contributed by atoms with Gasteiger partial charge >= 0.3 is 0 Å². The molecule has 20 heavy (non-hydrogen) atoms. The van der Waals surface area contributed by atoms with E-state index in [9.17, 15) is 13.2 Å². The van der Waals surface area contributed by atoms with Crippen molar-refractivity contribution < 1.29 is 13.2 Å². The second kappa shape index (κ2) is 5.95. The van der Waals surface area contributed by atoms with Crippen LogP contribution in [0.25, 0.3) is 6.08 Å². The van der Waals surface area contributed by atoms with Gasteiger partial charge in [0.2, 0.25) is 15.9 Å². The van der Waals surface area contributed by atoms with E-state index >= 15 is 0 Å². The fourth-order valence-corrected chi connectivity index (χ4v) is 3.80. The molecule has 1 amide bonds. The molecule has 0 saturated carbocycles. The largest absolute Gasteiger partial charge is 0.368 e. The lowest BCUT2D eigenvalue weighted by Gasteiger charge is -2.19. The van der Waals surface area contributed by atoms with Crippen molar-refractivity contribution >= 4 is 33.6 Å². The van der Waals surface area contributed by atoms with Crippen molar-refractivity contribution in [2.24, 2.45) is 5.73 Å². The van der Waals surface area contributed by atoms with Crippen molar-refractivity contribution in [3.63, 3.8) is 0 Å². The van der Waals surface area contributed by atoms with E-state index in [2.05, 4.69) is 0 Å². The first-order valence-corrected chi connectivity index (χ1v) is 8.04. The van der Waals surface area contributed by atoms with E-state index in [1.165, 1.54) is 6.08 Å². The molecule has 0 radical (unpaired) electrons. The molecule has 1 heterocycles. The fourth-order valence-electron chi connectivity index (χ4n) is 2.18. The maximum Gasteiger partial charge on any atom is 0.236 e. The number of carbonyl (C=O) groups excluding carboxylic acids is 1. The number of carbonyl (C=O) groups is 1. The number of rotatable bonds is 4. The van der Waals surface area contributed by atoms with Gasteiger partial charge in [0, 0.05) is 17.0 Å². The summed E-state index contributed by atoms with van der Waals surface area (Å²) in [6.07, 6.45) is 2.52. The molecule has 2 rings (SSSR count). The third kappa shape index (κ3) is 3.20. The van der Waals surface area contributed by atoms with E-state index in [1.807, 2.05) is 0 Å². The third-order valence-corrected chi connectivity index (χ3v) is 5.10. The van der Waals surface area contributed by atoms with Gasteiger partial charge in [-0.2, -0.15) is 4.31 Å². The molecule has 0 aromatic heterocycles. The predicted octanol–water partition coefficient (Wildman–Crippen LogP) is 1.59. The van der Waals surface area contributed by atoms with Crippen molar-refractivity contribution in [1.82, 2.24) is 4.31 Å². The molecule has 1 fully saturated rings. The first-order valence-electron chi connectivity index (χ1n) is 6.15. The number of nitrogens with two attached hydrogens (primary N) is 1. The van der Waals surface area contributed by atoms with E-state index in [0.717, 1.165) is 9.71 Å². The van der Waals surface area contributed by atoms with Gasteiger partial charge in [0.25, 0.3) is 0 Å². The minimum Gasteiger partial charge on any atom is -0.368 e. The highest BCUT2D eigenvalue weighted by atomic mass is 35.5. The summed E-state index contributed by atoms with van der Waals surface area (Å²) in [7, 11) is -3.68. The Morgan fingerprint density at radius 2 is 2.10 bits per heavy atom. The Morgan fingerprint density at radius 3 is 2.75 bits per heavy atom. The number of halogens is 1. The SMILES string of the molecule is NC(=O)C1CCCN1S(=O)(=O)C=Cc1ccccc1Cl. The van der Waals surface area contributed by atoms with E-state index in [4.69, 9.17) is 17.3 Å². The highest BCUT2D eigenvalue weighted by Gasteiger charge is 2.36. The maximum absolute atomic E-state index is 12.2. The van der Waals surface area contributed by atoms with Gasteiger partial charge in [-0.15, -0.1) is 0 Å². The molecular formula is C13H15ClN2O3S. The normalized spacial score (nSPS) is 20.6. The number of nitrogens with zero attached hydrogens (tertiary/aromatic N) is 1. The molecule has 5 nitrogen and oxygen atoms in total. The Bertz CT molecular complexity index is 643. The van der Waals surface area contributed by atoms with Gasteiger partial charge in [-0.25, -0.2) is 8.42 Å². The number of benzene rings is 1. The lowest BCUT2D eigenvalue weighted by molar-refractivity contribution is -0.121. The minimum absolute atomic E-state index is 0.308. The number of hydrogen-bond acceptors (Lipinski definition) is 3. The zero-order chi connectivity index (χ0) is 14.8. The fraction of sp³-hybridized carbons (Fsp3) is 0.308. The average molecular weight is 315 g/mol. The molecule has 2 N–H and O–H groups in total. The minimum atomic E-state index is -3.68. The summed E-state index contributed by atoms with van der Waals surface area (Å²) in [6, 6.07) is 6.16. The Balaban J connectivity index is 2.23. The van der Waals surface area contributed by atoms with Crippen LogP contribution in [-0.2, 0) is 14.8 Å².